The molecule has 0 saturated carbocycles. The van der Waals surface area contributed by atoms with Crippen molar-refractivity contribution in [1.82, 2.24) is 19.5 Å². The van der Waals surface area contributed by atoms with Gasteiger partial charge in [-0.25, -0.2) is 4.98 Å². The van der Waals surface area contributed by atoms with E-state index in [1.807, 2.05) is 19.1 Å². The first-order valence-electron chi connectivity index (χ1n) is 9.37. The number of benzene rings is 1. The molecule has 9 heteroatoms. The maximum atomic E-state index is 10.9. The van der Waals surface area contributed by atoms with Crippen molar-refractivity contribution in [3.8, 4) is 5.88 Å². The number of fused-ring (bicyclic) bond motifs is 1. The number of likely N-dealkylation sites (tertiary alicyclic amines) is 1. The molecule has 2 aliphatic rings. The third-order valence-corrected chi connectivity index (χ3v) is 7.02. The number of aromatic nitrogens is 3. The minimum absolute atomic E-state index is 0.0786. The number of aryl methyl sites for hydroxylation is 1. The van der Waals surface area contributed by atoms with Crippen molar-refractivity contribution in [2.75, 3.05) is 26.3 Å². The number of aromatic hydroxyl groups is 1. The molecule has 148 valence electrons. The number of hydrogen-bond donors (Lipinski definition) is 1. The predicted molar refractivity (Wildman–Crippen MR) is 109 cm³/mol. The van der Waals surface area contributed by atoms with E-state index in [0.29, 0.717) is 24.0 Å². The highest BCUT2D eigenvalue weighted by Gasteiger charge is 2.42. The van der Waals surface area contributed by atoms with Crippen LogP contribution in [-0.2, 0) is 9.47 Å². The summed E-state index contributed by atoms with van der Waals surface area (Å²) in [4.78, 5) is 8.39. The minimum Gasteiger partial charge on any atom is -0.492 e. The van der Waals surface area contributed by atoms with Gasteiger partial charge >= 0.3 is 0 Å². The van der Waals surface area contributed by atoms with Crippen LogP contribution in [-0.4, -0.2) is 56.7 Å². The highest BCUT2D eigenvalue weighted by Crippen LogP contribution is 2.43. The van der Waals surface area contributed by atoms with Gasteiger partial charge in [0, 0.05) is 30.4 Å². The molecule has 0 unspecified atom stereocenters. The number of hydrogen-bond acceptors (Lipinski definition) is 7. The van der Waals surface area contributed by atoms with Gasteiger partial charge in [0.15, 0.2) is 5.79 Å². The summed E-state index contributed by atoms with van der Waals surface area (Å²) in [6.07, 6.45) is 1.64. The lowest BCUT2D eigenvalue weighted by Crippen LogP contribution is -2.46. The van der Waals surface area contributed by atoms with Crippen LogP contribution in [0.3, 0.4) is 0 Å². The second kappa shape index (κ2) is 7.07. The van der Waals surface area contributed by atoms with E-state index >= 15 is 0 Å². The van der Waals surface area contributed by atoms with Crippen LogP contribution < -0.4 is 0 Å². The first-order valence-corrected chi connectivity index (χ1v) is 11.0. The summed E-state index contributed by atoms with van der Waals surface area (Å²) < 4.78 is 14.3. The van der Waals surface area contributed by atoms with Crippen molar-refractivity contribution in [2.24, 2.45) is 0 Å². The Morgan fingerprint density at radius 2 is 2.00 bits per heavy atom. The van der Waals surface area contributed by atoms with E-state index < -0.39 is 5.79 Å². The van der Waals surface area contributed by atoms with Gasteiger partial charge in [-0.1, -0.05) is 39.4 Å². The number of piperidine rings is 1. The van der Waals surface area contributed by atoms with Gasteiger partial charge in [0.2, 0.25) is 10.8 Å². The monoisotopic (exact) mass is 464 g/mol. The quantitative estimate of drug-likeness (QED) is 0.639. The topological polar surface area (TPSA) is 72.1 Å². The normalized spacial score (nSPS) is 20.9. The van der Waals surface area contributed by atoms with Gasteiger partial charge in [0.25, 0.3) is 0 Å². The maximum absolute atomic E-state index is 10.9. The first-order chi connectivity index (χ1) is 13.5. The third-order valence-electron chi connectivity index (χ3n) is 5.46. The van der Waals surface area contributed by atoms with Crippen LogP contribution in [0.5, 0.6) is 5.88 Å². The highest BCUT2D eigenvalue weighted by molar-refractivity contribution is 9.10. The van der Waals surface area contributed by atoms with Crippen LogP contribution in [0.4, 0.5) is 0 Å². The SMILES string of the molecule is Cc1nc2sc([C@H](c3cccc(Br)c3)N3CCC4(CC3)OCCO4)c(O)n2n1. The molecular weight excluding hydrogens is 444 g/mol. The average molecular weight is 465 g/mol. The lowest BCUT2D eigenvalue weighted by atomic mass is 9.97. The van der Waals surface area contributed by atoms with Crippen LogP contribution in [0.25, 0.3) is 4.96 Å². The average Bonchev–Trinajstić information content (AvgIpc) is 3.35. The second-order valence-electron chi connectivity index (χ2n) is 7.24. The van der Waals surface area contributed by atoms with Gasteiger partial charge in [-0.15, -0.1) is 5.10 Å². The van der Waals surface area contributed by atoms with Crippen molar-refractivity contribution < 1.29 is 14.6 Å². The van der Waals surface area contributed by atoms with E-state index in [0.717, 1.165) is 40.8 Å². The zero-order valence-corrected chi connectivity index (χ0v) is 17.9. The van der Waals surface area contributed by atoms with E-state index in [4.69, 9.17) is 9.47 Å². The van der Waals surface area contributed by atoms with Crippen LogP contribution >= 0.6 is 27.3 Å². The Hall–Kier alpha value is -1.52. The third kappa shape index (κ3) is 3.15. The second-order valence-corrected chi connectivity index (χ2v) is 9.17. The van der Waals surface area contributed by atoms with E-state index in [-0.39, 0.29) is 11.9 Å². The van der Waals surface area contributed by atoms with Crippen molar-refractivity contribution in [3.63, 3.8) is 0 Å². The molecule has 0 radical (unpaired) electrons. The molecule has 0 bridgehead atoms. The molecule has 1 spiro atoms. The van der Waals surface area contributed by atoms with Crippen LogP contribution in [0.2, 0.25) is 0 Å². The Kier molecular flexibility index (Phi) is 4.67. The summed E-state index contributed by atoms with van der Waals surface area (Å²) in [5, 5.41) is 15.3. The van der Waals surface area contributed by atoms with E-state index in [2.05, 4.69) is 43.0 Å². The fourth-order valence-corrected chi connectivity index (χ4v) is 5.72. The lowest BCUT2D eigenvalue weighted by Gasteiger charge is -2.41. The molecule has 5 rings (SSSR count). The molecule has 3 aromatic rings. The Morgan fingerprint density at radius 1 is 1.25 bits per heavy atom. The number of rotatable bonds is 3. The van der Waals surface area contributed by atoms with Gasteiger partial charge in [-0.3, -0.25) is 4.90 Å². The van der Waals surface area contributed by atoms with E-state index in [1.54, 1.807) is 0 Å². The number of thiazole rings is 1. The zero-order valence-electron chi connectivity index (χ0n) is 15.5. The summed E-state index contributed by atoms with van der Waals surface area (Å²) >= 11 is 5.07. The predicted octanol–water partition coefficient (Wildman–Crippen LogP) is 3.50. The van der Waals surface area contributed by atoms with Crippen molar-refractivity contribution in [3.05, 3.63) is 45.0 Å². The lowest BCUT2D eigenvalue weighted by molar-refractivity contribution is -0.187. The van der Waals surface area contributed by atoms with Gasteiger partial charge in [-0.05, 0) is 24.6 Å². The fraction of sp³-hybridized carbons (Fsp3) is 0.474. The van der Waals surface area contributed by atoms with Crippen LogP contribution in [0, 0.1) is 6.92 Å². The van der Waals surface area contributed by atoms with Crippen molar-refractivity contribution in [1.29, 1.82) is 0 Å². The van der Waals surface area contributed by atoms with Gasteiger partial charge in [0.05, 0.1) is 24.1 Å². The largest absolute Gasteiger partial charge is 0.492 e. The van der Waals surface area contributed by atoms with Crippen LogP contribution in [0.1, 0.15) is 35.1 Å². The van der Waals surface area contributed by atoms with E-state index in [9.17, 15) is 5.11 Å². The summed E-state index contributed by atoms with van der Waals surface area (Å²) in [6.45, 7) is 4.81. The maximum Gasteiger partial charge on any atom is 0.230 e. The summed E-state index contributed by atoms with van der Waals surface area (Å²) in [6, 6.07) is 8.17. The highest BCUT2D eigenvalue weighted by atomic mass is 79.9. The molecule has 2 saturated heterocycles. The molecule has 2 aromatic heterocycles. The zero-order chi connectivity index (χ0) is 19.3. The molecular formula is C19H21BrN4O3S. The number of nitrogens with zero attached hydrogens (tertiary/aromatic N) is 4. The first kappa shape index (κ1) is 18.5. The molecule has 2 aliphatic heterocycles. The Labute approximate surface area is 175 Å². The van der Waals surface area contributed by atoms with Crippen LogP contribution in [0.15, 0.2) is 28.7 Å². The fourth-order valence-electron chi connectivity index (χ4n) is 4.14. The Balaban J connectivity index is 1.53. The van der Waals surface area contributed by atoms with Crippen molar-refractivity contribution in [2.45, 2.75) is 31.6 Å². The smallest absolute Gasteiger partial charge is 0.230 e. The number of halogens is 1. The summed E-state index contributed by atoms with van der Waals surface area (Å²) in [5.74, 6) is 0.394. The van der Waals surface area contributed by atoms with Gasteiger partial charge in [0.1, 0.15) is 5.82 Å². The van der Waals surface area contributed by atoms with Crippen molar-refractivity contribution >= 4 is 32.2 Å². The minimum atomic E-state index is -0.428. The van der Waals surface area contributed by atoms with Gasteiger partial charge < -0.3 is 14.6 Å². The molecule has 2 fully saturated rings. The number of ether oxygens (including phenoxy) is 2. The molecule has 0 aliphatic carbocycles. The standard InChI is InChI=1S/C19H21BrN4O3S/c1-12-21-18-24(22-12)17(25)16(28-18)15(13-3-2-4-14(20)11-13)23-7-5-19(6-8-23)26-9-10-27-19/h2-4,11,15,25H,5-10H2,1H3/t15-/m0/s1. The molecule has 28 heavy (non-hydrogen) atoms. The summed E-state index contributed by atoms with van der Waals surface area (Å²) in [5.41, 5.74) is 1.12. The molecule has 7 nitrogen and oxygen atoms in total. The van der Waals surface area contributed by atoms with Gasteiger partial charge in [-0.2, -0.15) is 4.52 Å². The summed E-state index contributed by atoms with van der Waals surface area (Å²) in [7, 11) is 0. The Morgan fingerprint density at radius 3 is 2.68 bits per heavy atom. The molecule has 1 atom stereocenters. The Bertz CT molecular complexity index is 1000. The molecule has 4 heterocycles. The molecule has 1 N–H and O–H groups in total. The molecule has 1 aromatic carbocycles. The molecule has 0 amide bonds. The van der Waals surface area contributed by atoms with E-state index in [1.165, 1.54) is 15.9 Å².